The number of Topliss-reactive ketones (excluding diaryl/α,β-unsaturated/α-hetero) is 1. The number of aromatic nitrogens is 3. The van der Waals surface area contributed by atoms with Crippen molar-refractivity contribution in [1.82, 2.24) is 14.4 Å². The van der Waals surface area contributed by atoms with Gasteiger partial charge in [-0.3, -0.25) is 14.5 Å². The highest BCUT2D eigenvalue weighted by Gasteiger charge is 2.48. The molecule has 1 fully saturated rings. The molecule has 4 heterocycles. The molecular formula is C34H25ClN4O4S. The third-order valence-corrected chi connectivity index (χ3v) is 8.97. The monoisotopic (exact) mass is 620 g/mol. The van der Waals surface area contributed by atoms with Crippen LogP contribution in [0.1, 0.15) is 34.1 Å². The molecular weight excluding hydrogens is 596 g/mol. The van der Waals surface area contributed by atoms with Crippen molar-refractivity contribution in [1.29, 1.82) is 0 Å². The van der Waals surface area contributed by atoms with Crippen LogP contribution in [0.3, 0.4) is 0 Å². The first-order chi connectivity index (χ1) is 21.3. The number of halogens is 1. The lowest BCUT2D eigenvalue weighted by molar-refractivity contribution is -0.132. The highest BCUT2D eigenvalue weighted by molar-refractivity contribution is 7.22. The van der Waals surface area contributed by atoms with E-state index in [1.54, 1.807) is 36.4 Å². The number of ether oxygens (including phenoxy) is 1. The topological polar surface area (TPSA) is 97.0 Å². The Kier molecular flexibility index (Phi) is 6.91. The van der Waals surface area contributed by atoms with E-state index >= 15 is 0 Å². The number of imidazole rings is 1. The first-order valence-electron chi connectivity index (χ1n) is 13.9. The lowest BCUT2D eigenvalue weighted by atomic mass is 9.96. The van der Waals surface area contributed by atoms with Crippen molar-refractivity contribution in [3.8, 4) is 5.75 Å². The van der Waals surface area contributed by atoms with Gasteiger partial charge in [0, 0.05) is 11.2 Å². The van der Waals surface area contributed by atoms with Gasteiger partial charge in [-0.1, -0.05) is 71.5 Å². The van der Waals surface area contributed by atoms with Crippen LogP contribution < -0.4 is 9.64 Å². The summed E-state index contributed by atoms with van der Waals surface area (Å²) in [6.45, 7) is 4.07. The molecule has 0 aliphatic carbocycles. The van der Waals surface area contributed by atoms with Gasteiger partial charge in [0.15, 0.2) is 10.9 Å². The molecule has 1 unspecified atom stereocenters. The van der Waals surface area contributed by atoms with Crippen LogP contribution in [0.15, 0.2) is 96.7 Å². The normalized spacial score (nSPS) is 16.3. The molecule has 6 aromatic rings. The number of aryl methyl sites for hydroxylation is 2. The summed E-state index contributed by atoms with van der Waals surface area (Å²) in [5, 5.41) is 12.7. The van der Waals surface area contributed by atoms with E-state index < -0.39 is 17.7 Å². The quantitative estimate of drug-likeness (QED) is 0.118. The number of carbonyl (C=O) groups is 2. The molecule has 1 amide bonds. The summed E-state index contributed by atoms with van der Waals surface area (Å²) < 4.78 is 8.71. The molecule has 1 aliphatic rings. The number of fused-ring (bicyclic) bond motifs is 2. The van der Waals surface area contributed by atoms with Gasteiger partial charge in [0.05, 0.1) is 27.5 Å². The summed E-state index contributed by atoms with van der Waals surface area (Å²) in [5.74, 6) is -1.42. The van der Waals surface area contributed by atoms with E-state index in [-0.39, 0.29) is 17.0 Å². The van der Waals surface area contributed by atoms with Gasteiger partial charge in [0.2, 0.25) is 0 Å². The number of aliphatic hydroxyl groups excluding tert-OH is 1. The molecule has 0 bridgehead atoms. The Morgan fingerprint density at radius 1 is 0.977 bits per heavy atom. The SMILES string of the molecule is Cc1cccn2c(C)c(/C(O)=C3\C(=O)C(=O)N(c4nc5ccc(Cl)cc5s4)C3c3cccc(OCc4ccccc4)c3)nc12. The maximum atomic E-state index is 13.8. The van der Waals surface area contributed by atoms with Crippen molar-refractivity contribution in [2.24, 2.45) is 0 Å². The lowest BCUT2D eigenvalue weighted by Crippen LogP contribution is -2.29. The zero-order valence-corrected chi connectivity index (χ0v) is 25.3. The summed E-state index contributed by atoms with van der Waals surface area (Å²) in [5.41, 5.74) is 4.56. The fraction of sp³-hybridized carbons (Fsp3) is 0.118. The molecule has 1 atom stereocenters. The van der Waals surface area contributed by atoms with Crippen LogP contribution in [0, 0.1) is 13.8 Å². The third kappa shape index (κ3) is 4.70. The molecule has 0 spiro atoms. The molecule has 3 aromatic heterocycles. The van der Waals surface area contributed by atoms with E-state index in [9.17, 15) is 14.7 Å². The molecule has 0 saturated carbocycles. The fourth-order valence-electron chi connectivity index (χ4n) is 5.52. The van der Waals surface area contributed by atoms with E-state index in [0.29, 0.717) is 44.9 Å². The highest BCUT2D eigenvalue weighted by atomic mass is 35.5. The highest BCUT2D eigenvalue weighted by Crippen LogP contribution is 2.45. The Morgan fingerprint density at radius 3 is 2.59 bits per heavy atom. The molecule has 7 rings (SSSR count). The molecule has 1 N–H and O–H groups in total. The largest absolute Gasteiger partial charge is 0.505 e. The predicted octanol–water partition coefficient (Wildman–Crippen LogP) is 7.42. The smallest absolute Gasteiger partial charge is 0.301 e. The first-order valence-corrected chi connectivity index (χ1v) is 15.1. The molecule has 8 nitrogen and oxygen atoms in total. The minimum absolute atomic E-state index is 0.0725. The Morgan fingerprint density at radius 2 is 1.80 bits per heavy atom. The number of aliphatic hydroxyl groups is 1. The Labute approximate surface area is 261 Å². The lowest BCUT2D eigenvalue weighted by Gasteiger charge is -2.23. The van der Waals surface area contributed by atoms with Gasteiger partial charge < -0.3 is 14.2 Å². The Bertz CT molecular complexity index is 2140. The Balaban J connectivity index is 1.39. The minimum atomic E-state index is -0.989. The number of ketones is 1. The van der Waals surface area contributed by atoms with Gasteiger partial charge in [0.1, 0.15) is 23.7 Å². The fourth-order valence-corrected chi connectivity index (χ4v) is 6.79. The molecule has 10 heteroatoms. The first kappa shape index (κ1) is 27.8. The number of anilines is 1. The summed E-state index contributed by atoms with van der Waals surface area (Å²) in [7, 11) is 0. The number of hydrogen-bond acceptors (Lipinski definition) is 7. The maximum Gasteiger partial charge on any atom is 0.301 e. The molecule has 1 saturated heterocycles. The number of rotatable bonds is 6. The summed E-state index contributed by atoms with van der Waals surface area (Å²) >= 11 is 7.47. The second-order valence-corrected chi connectivity index (χ2v) is 12.0. The minimum Gasteiger partial charge on any atom is -0.505 e. The second-order valence-electron chi connectivity index (χ2n) is 10.6. The van der Waals surface area contributed by atoms with Crippen LogP contribution in [-0.4, -0.2) is 31.2 Å². The number of carbonyl (C=O) groups excluding carboxylic acids is 2. The summed E-state index contributed by atoms with van der Waals surface area (Å²) in [6, 6.07) is 25.0. The Hall–Kier alpha value is -4.99. The van der Waals surface area contributed by atoms with Gasteiger partial charge in [-0.25, -0.2) is 9.97 Å². The second kappa shape index (κ2) is 10.9. The van der Waals surface area contributed by atoms with E-state index in [4.69, 9.17) is 16.3 Å². The van der Waals surface area contributed by atoms with Crippen LogP contribution in [0.4, 0.5) is 5.13 Å². The van der Waals surface area contributed by atoms with E-state index in [1.165, 1.54) is 16.2 Å². The molecule has 218 valence electrons. The zero-order valence-electron chi connectivity index (χ0n) is 23.7. The van der Waals surface area contributed by atoms with Crippen LogP contribution in [-0.2, 0) is 16.2 Å². The molecule has 0 radical (unpaired) electrons. The van der Waals surface area contributed by atoms with E-state index in [2.05, 4.69) is 9.97 Å². The molecule has 3 aromatic carbocycles. The van der Waals surface area contributed by atoms with Crippen LogP contribution in [0.2, 0.25) is 5.02 Å². The van der Waals surface area contributed by atoms with Crippen molar-refractivity contribution < 1.29 is 19.4 Å². The van der Waals surface area contributed by atoms with E-state index in [0.717, 1.165) is 15.8 Å². The number of thiazole rings is 1. The van der Waals surface area contributed by atoms with Crippen molar-refractivity contribution in [2.45, 2.75) is 26.5 Å². The van der Waals surface area contributed by atoms with Gasteiger partial charge in [-0.05, 0) is 66.9 Å². The average molecular weight is 621 g/mol. The van der Waals surface area contributed by atoms with Gasteiger partial charge >= 0.3 is 5.91 Å². The van der Waals surface area contributed by atoms with Crippen LogP contribution in [0.25, 0.3) is 21.6 Å². The average Bonchev–Trinajstić information content (AvgIpc) is 3.68. The number of pyridine rings is 1. The van der Waals surface area contributed by atoms with Crippen LogP contribution >= 0.6 is 22.9 Å². The van der Waals surface area contributed by atoms with E-state index in [1.807, 2.05) is 73.0 Å². The van der Waals surface area contributed by atoms with Crippen molar-refractivity contribution in [3.63, 3.8) is 0 Å². The molecule has 1 aliphatic heterocycles. The van der Waals surface area contributed by atoms with Crippen molar-refractivity contribution >= 4 is 61.4 Å². The predicted molar refractivity (Wildman–Crippen MR) is 171 cm³/mol. The number of nitrogens with zero attached hydrogens (tertiary/aromatic N) is 4. The maximum absolute atomic E-state index is 13.8. The zero-order chi connectivity index (χ0) is 30.5. The standard InChI is InChI=1S/C34H25ClN4O4S/c1-19-8-7-15-38-20(2)28(37-32(19)38)30(40)27-29(22-11-6-12-24(16-22)43-18-21-9-4-3-5-10-21)39(33(42)31(27)41)34-36-25-14-13-23(35)17-26(25)44-34/h3-17,29,40H,18H2,1-2H3/b30-27+. The van der Waals surface area contributed by atoms with Crippen molar-refractivity contribution in [2.75, 3.05) is 4.90 Å². The van der Waals surface area contributed by atoms with Crippen molar-refractivity contribution in [3.05, 3.63) is 130 Å². The van der Waals surface area contributed by atoms with Crippen LogP contribution in [0.5, 0.6) is 5.75 Å². The summed E-state index contributed by atoms with van der Waals surface area (Å²) in [4.78, 5) is 38.3. The number of hydrogen-bond donors (Lipinski definition) is 1. The van der Waals surface area contributed by atoms with Gasteiger partial charge in [-0.2, -0.15) is 0 Å². The summed E-state index contributed by atoms with van der Waals surface area (Å²) in [6.07, 6.45) is 1.84. The van der Waals surface area contributed by atoms with Gasteiger partial charge in [-0.15, -0.1) is 0 Å². The number of benzene rings is 3. The number of amides is 1. The third-order valence-electron chi connectivity index (χ3n) is 7.72. The van der Waals surface area contributed by atoms with Gasteiger partial charge in [0.25, 0.3) is 5.78 Å². The molecule has 44 heavy (non-hydrogen) atoms.